The Morgan fingerprint density at radius 3 is 2.30 bits per heavy atom. The second-order valence-electron chi connectivity index (χ2n) is 10.00. The van der Waals surface area contributed by atoms with Gasteiger partial charge in [-0.05, 0) is 51.5 Å². The second kappa shape index (κ2) is 11.8. The van der Waals surface area contributed by atoms with Crippen LogP contribution in [0.4, 0.5) is 4.79 Å². The smallest absolute Gasteiger partial charge is 0.408 e. The molecule has 33 heavy (non-hydrogen) atoms. The topological polar surface area (TPSA) is 96.0 Å². The van der Waals surface area contributed by atoms with Crippen molar-refractivity contribution < 1.29 is 22.7 Å². The number of carbonyl (C=O) groups is 2. The largest absolute Gasteiger partial charge is 0.444 e. The number of hydrogen-bond donors (Lipinski definition) is 1. The highest BCUT2D eigenvalue weighted by molar-refractivity contribution is 7.89. The number of benzene rings is 1. The van der Waals surface area contributed by atoms with Crippen LogP contribution < -0.4 is 5.32 Å². The second-order valence-corrected chi connectivity index (χ2v) is 12.1. The van der Waals surface area contributed by atoms with Crippen molar-refractivity contribution in [2.45, 2.75) is 72.1 Å². The van der Waals surface area contributed by atoms with Crippen molar-refractivity contribution >= 4 is 22.0 Å². The molecule has 0 aromatic heterocycles. The van der Waals surface area contributed by atoms with Gasteiger partial charge in [-0.2, -0.15) is 4.31 Å². The van der Waals surface area contributed by atoms with Gasteiger partial charge in [-0.1, -0.05) is 44.2 Å². The van der Waals surface area contributed by atoms with E-state index >= 15 is 0 Å². The number of nitrogens with one attached hydrogen (secondary N) is 1. The number of sulfonamides is 1. The molecule has 1 saturated heterocycles. The molecule has 1 aromatic rings. The highest BCUT2D eigenvalue weighted by Crippen LogP contribution is 2.16. The highest BCUT2D eigenvalue weighted by Gasteiger charge is 2.31. The van der Waals surface area contributed by atoms with Crippen LogP contribution in [-0.2, 0) is 26.1 Å². The summed E-state index contributed by atoms with van der Waals surface area (Å²) in [6.45, 7) is 10.5. The Morgan fingerprint density at radius 1 is 1.06 bits per heavy atom. The maximum absolute atomic E-state index is 13.3. The van der Waals surface area contributed by atoms with Gasteiger partial charge in [0.2, 0.25) is 15.9 Å². The van der Waals surface area contributed by atoms with Crippen molar-refractivity contribution in [2.24, 2.45) is 5.92 Å². The van der Waals surface area contributed by atoms with E-state index in [0.29, 0.717) is 38.9 Å². The van der Waals surface area contributed by atoms with Crippen LogP contribution >= 0.6 is 0 Å². The predicted octanol–water partition coefficient (Wildman–Crippen LogP) is 3.38. The monoisotopic (exact) mass is 481 g/mol. The minimum absolute atomic E-state index is 0.0943. The van der Waals surface area contributed by atoms with Crippen molar-refractivity contribution in [1.82, 2.24) is 14.5 Å². The highest BCUT2D eigenvalue weighted by atomic mass is 32.2. The van der Waals surface area contributed by atoms with E-state index in [0.717, 1.165) is 5.56 Å². The Bertz CT molecular complexity index is 881. The van der Waals surface area contributed by atoms with Crippen molar-refractivity contribution in [3.63, 3.8) is 0 Å². The van der Waals surface area contributed by atoms with Gasteiger partial charge in [-0.15, -0.1) is 0 Å². The van der Waals surface area contributed by atoms with Crippen molar-refractivity contribution in [3.05, 3.63) is 35.9 Å². The summed E-state index contributed by atoms with van der Waals surface area (Å²) in [5.41, 5.74) is 0.261. The van der Waals surface area contributed by atoms with Crippen LogP contribution in [0.1, 0.15) is 59.4 Å². The van der Waals surface area contributed by atoms with Gasteiger partial charge in [0.05, 0.1) is 5.75 Å². The van der Waals surface area contributed by atoms with Gasteiger partial charge in [0.25, 0.3) is 0 Å². The SMILES string of the molecule is CC(C)C[C@H](NC(=O)OC(C)(C)C)C(=O)N1CCCCN(Cc2ccccc2)S(=O)(=O)CC1. The molecular weight excluding hydrogens is 442 g/mol. The average Bonchev–Trinajstić information content (AvgIpc) is 2.76. The lowest BCUT2D eigenvalue weighted by Gasteiger charge is -2.29. The molecule has 1 aliphatic rings. The third kappa shape index (κ3) is 9.33. The van der Waals surface area contributed by atoms with Crippen LogP contribution in [0.3, 0.4) is 0 Å². The van der Waals surface area contributed by atoms with E-state index in [1.165, 1.54) is 4.31 Å². The summed E-state index contributed by atoms with van der Waals surface area (Å²) in [6, 6.07) is 8.76. The predicted molar refractivity (Wildman–Crippen MR) is 129 cm³/mol. The van der Waals surface area contributed by atoms with Gasteiger partial charge < -0.3 is 15.0 Å². The van der Waals surface area contributed by atoms with Gasteiger partial charge in [0, 0.05) is 26.2 Å². The first kappa shape index (κ1) is 27.1. The molecule has 1 atom stereocenters. The number of rotatable bonds is 6. The van der Waals surface area contributed by atoms with Gasteiger partial charge in [0.1, 0.15) is 11.6 Å². The summed E-state index contributed by atoms with van der Waals surface area (Å²) in [5.74, 6) is -0.246. The van der Waals surface area contributed by atoms with E-state index in [4.69, 9.17) is 4.74 Å². The Labute approximate surface area is 198 Å². The van der Waals surface area contributed by atoms with Crippen LogP contribution in [0.5, 0.6) is 0 Å². The lowest BCUT2D eigenvalue weighted by atomic mass is 10.0. The molecule has 9 heteroatoms. The molecule has 0 spiro atoms. The molecule has 0 unspecified atom stereocenters. The van der Waals surface area contributed by atoms with Crippen LogP contribution in [0.25, 0.3) is 0 Å². The minimum Gasteiger partial charge on any atom is -0.444 e. The molecule has 8 nitrogen and oxygen atoms in total. The summed E-state index contributed by atoms with van der Waals surface area (Å²) < 4.78 is 33.0. The van der Waals surface area contributed by atoms with Crippen LogP contribution in [0, 0.1) is 5.92 Å². The molecule has 1 N–H and O–H groups in total. The normalized spacial score (nSPS) is 18.7. The molecule has 1 aromatic carbocycles. The molecular formula is C24H39N3O5S. The quantitative estimate of drug-likeness (QED) is 0.672. The number of ether oxygens (including phenoxy) is 1. The molecule has 2 amide bonds. The summed E-state index contributed by atoms with van der Waals surface area (Å²) in [5, 5.41) is 2.70. The number of nitrogens with zero attached hydrogens (tertiary/aromatic N) is 2. The number of carbonyl (C=O) groups excluding carboxylic acids is 2. The zero-order chi connectivity index (χ0) is 24.6. The fraction of sp³-hybridized carbons (Fsp3) is 0.667. The maximum atomic E-state index is 13.3. The Kier molecular flexibility index (Phi) is 9.72. The molecule has 186 valence electrons. The Hall–Kier alpha value is -2.13. The third-order valence-corrected chi connectivity index (χ3v) is 7.10. The summed E-state index contributed by atoms with van der Waals surface area (Å²) in [4.78, 5) is 27.2. The minimum atomic E-state index is -3.54. The molecule has 2 rings (SSSR count). The summed E-state index contributed by atoms with van der Waals surface area (Å²) in [6.07, 6.45) is 1.14. The average molecular weight is 482 g/mol. The fourth-order valence-electron chi connectivity index (χ4n) is 3.74. The lowest BCUT2D eigenvalue weighted by Crippen LogP contribution is -2.51. The van der Waals surface area contributed by atoms with Crippen molar-refractivity contribution in [2.75, 3.05) is 25.4 Å². The zero-order valence-corrected chi connectivity index (χ0v) is 21.4. The summed E-state index contributed by atoms with van der Waals surface area (Å²) >= 11 is 0. The standard InChI is InChI=1S/C24H39N3O5S/c1-19(2)17-21(25-23(29)32-24(3,4)5)22(28)26-13-9-10-14-27(33(30,31)16-15-26)18-20-11-7-6-8-12-20/h6-8,11-12,19,21H,9-10,13-18H2,1-5H3,(H,25,29)/t21-/m0/s1. The number of hydrogen-bond acceptors (Lipinski definition) is 5. The van der Waals surface area contributed by atoms with Gasteiger partial charge in [-0.3, -0.25) is 4.79 Å². The summed E-state index contributed by atoms with van der Waals surface area (Å²) in [7, 11) is -3.54. The molecule has 0 bridgehead atoms. The van der Waals surface area contributed by atoms with Crippen LogP contribution in [0.2, 0.25) is 0 Å². The van der Waals surface area contributed by atoms with Gasteiger partial charge in [-0.25, -0.2) is 13.2 Å². The molecule has 1 fully saturated rings. The molecule has 1 aliphatic heterocycles. The van der Waals surface area contributed by atoms with E-state index in [2.05, 4.69) is 5.32 Å². The van der Waals surface area contributed by atoms with E-state index in [-0.39, 0.29) is 24.1 Å². The van der Waals surface area contributed by atoms with E-state index < -0.39 is 27.8 Å². The lowest BCUT2D eigenvalue weighted by molar-refractivity contribution is -0.133. The fourth-order valence-corrected chi connectivity index (χ4v) is 5.21. The van der Waals surface area contributed by atoms with Crippen LogP contribution in [0.15, 0.2) is 30.3 Å². The van der Waals surface area contributed by atoms with Gasteiger partial charge >= 0.3 is 6.09 Å². The maximum Gasteiger partial charge on any atom is 0.408 e. The molecule has 0 radical (unpaired) electrons. The molecule has 0 aliphatic carbocycles. The first-order chi connectivity index (χ1) is 15.4. The van der Waals surface area contributed by atoms with Crippen LogP contribution in [-0.4, -0.2) is 66.7 Å². The Balaban J connectivity index is 2.11. The molecule has 0 saturated carbocycles. The van der Waals surface area contributed by atoms with Crippen molar-refractivity contribution in [1.29, 1.82) is 0 Å². The first-order valence-electron chi connectivity index (χ1n) is 11.7. The Morgan fingerprint density at radius 2 is 1.70 bits per heavy atom. The van der Waals surface area contributed by atoms with E-state index in [9.17, 15) is 18.0 Å². The third-order valence-electron chi connectivity index (χ3n) is 5.31. The van der Waals surface area contributed by atoms with Crippen molar-refractivity contribution in [3.8, 4) is 0 Å². The van der Waals surface area contributed by atoms with E-state index in [1.54, 1.807) is 25.7 Å². The number of alkyl carbamates (subject to hydrolysis) is 1. The van der Waals surface area contributed by atoms with Gasteiger partial charge in [0.15, 0.2) is 0 Å². The zero-order valence-electron chi connectivity index (χ0n) is 20.5. The number of amides is 2. The van der Waals surface area contributed by atoms with E-state index in [1.807, 2.05) is 44.2 Å². The first-order valence-corrected chi connectivity index (χ1v) is 13.3. The molecule has 1 heterocycles.